The van der Waals surface area contributed by atoms with Gasteiger partial charge in [-0.1, -0.05) is 69.9 Å². The predicted octanol–water partition coefficient (Wildman–Crippen LogP) is 7.86. The Morgan fingerprint density at radius 2 is 1.89 bits per heavy atom. The van der Waals surface area contributed by atoms with E-state index in [0.717, 1.165) is 17.6 Å². The summed E-state index contributed by atoms with van der Waals surface area (Å²) < 4.78 is 7.79. The van der Waals surface area contributed by atoms with Gasteiger partial charge < -0.3 is 15.0 Å². The zero-order chi connectivity index (χ0) is 27.9. The summed E-state index contributed by atoms with van der Waals surface area (Å²) in [5.74, 6) is 0.349. The van der Waals surface area contributed by atoms with Crippen LogP contribution in [0.15, 0.2) is 78.4 Å². The van der Waals surface area contributed by atoms with E-state index in [1.807, 2.05) is 50.8 Å². The first-order valence-electron chi connectivity index (χ1n) is 13.1. The molecule has 0 aliphatic heterocycles. The van der Waals surface area contributed by atoms with Crippen LogP contribution in [0, 0.1) is 5.41 Å². The van der Waals surface area contributed by atoms with Crippen LogP contribution in [0.4, 0.5) is 5.82 Å². The summed E-state index contributed by atoms with van der Waals surface area (Å²) in [6.45, 7) is 17.6. The molecule has 0 amide bonds. The minimum Gasteiger partial charge on any atom is -0.466 e. The number of hydrogen-bond donors (Lipinski definition) is 1. The fourth-order valence-corrected chi connectivity index (χ4v) is 5.48. The molecule has 0 radical (unpaired) electrons. The number of thioether (sulfide) groups is 1. The molecule has 0 saturated carbocycles. The average Bonchev–Trinajstić information content (AvgIpc) is 3.15. The van der Waals surface area contributed by atoms with Crippen LogP contribution in [0.25, 0.3) is 16.5 Å². The Labute approximate surface area is 231 Å². The number of nitrogens with zero attached hydrogens (tertiary/aromatic N) is 2. The van der Waals surface area contributed by atoms with E-state index in [-0.39, 0.29) is 10.7 Å². The van der Waals surface area contributed by atoms with Crippen molar-refractivity contribution in [3.8, 4) is 0 Å². The molecule has 0 unspecified atom stereocenters. The molecule has 0 fully saturated rings. The van der Waals surface area contributed by atoms with Crippen molar-refractivity contribution in [3.05, 3.63) is 84.7 Å². The van der Waals surface area contributed by atoms with Gasteiger partial charge in [-0.15, -0.1) is 11.8 Å². The van der Waals surface area contributed by atoms with Crippen LogP contribution in [0.3, 0.4) is 0 Å². The maximum Gasteiger partial charge on any atom is 0.311 e. The number of carbonyl (C=O) groups is 1. The Morgan fingerprint density at radius 3 is 2.53 bits per heavy atom. The number of para-hydroxylation sites is 1. The summed E-state index contributed by atoms with van der Waals surface area (Å²) in [7, 11) is 0. The summed E-state index contributed by atoms with van der Waals surface area (Å²) in [6.07, 6.45) is 11.3. The number of esters is 1. The smallest absolute Gasteiger partial charge is 0.311 e. The number of anilines is 1. The number of pyridine rings is 1. The van der Waals surface area contributed by atoms with Crippen molar-refractivity contribution in [2.75, 3.05) is 12.3 Å². The van der Waals surface area contributed by atoms with Crippen LogP contribution >= 0.6 is 11.8 Å². The fraction of sp³-hybridized carbons (Fsp3) is 0.375. The highest BCUT2D eigenvalue weighted by molar-refractivity contribution is 8.00. The quantitative estimate of drug-likeness (QED) is 0.155. The van der Waals surface area contributed by atoms with Crippen molar-refractivity contribution in [1.29, 1.82) is 0 Å². The lowest BCUT2D eigenvalue weighted by Crippen LogP contribution is -2.27. The molecular formula is C32H41N3O2S. The van der Waals surface area contributed by atoms with Crippen molar-refractivity contribution >= 4 is 40.0 Å². The molecule has 202 valence electrons. The molecule has 2 heterocycles. The molecule has 0 saturated heterocycles. The molecule has 3 aromatic rings. The van der Waals surface area contributed by atoms with Crippen LogP contribution in [-0.4, -0.2) is 26.9 Å². The standard InChI is InChI=1S/C32H41N3O2S/c1-8-23(24-17-18-28(33)34-22-24)14-12-13-21-35-26-16-11-10-15-25(26)29(38-31(3,4)5)27(35)19-20-32(6,7)30(36)37-9-2/h8,10-18,22H,1,9,19-21H2,2-7H3,(H2,33,34)/b13-12+,23-14+. The van der Waals surface area contributed by atoms with Gasteiger partial charge >= 0.3 is 5.97 Å². The molecule has 1 aromatic carbocycles. The van der Waals surface area contributed by atoms with E-state index in [4.69, 9.17) is 10.5 Å². The molecule has 3 rings (SSSR count). The second-order valence-corrected chi connectivity index (χ2v) is 12.8. The number of hydrogen-bond acceptors (Lipinski definition) is 5. The molecule has 2 N–H and O–H groups in total. The third-order valence-electron chi connectivity index (χ3n) is 6.29. The maximum absolute atomic E-state index is 12.6. The molecule has 2 aromatic heterocycles. The van der Waals surface area contributed by atoms with Crippen LogP contribution in [0.1, 0.15) is 59.2 Å². The summed E-state index contributed by atoms with van der Waals surface area (Å²) in [4.78, 5) is 18.1. The van der Waals surface area contributed by atoms with Crippen molar-refractivity contribution in [1.82, 2.24) is 9.55 Å². The Bertz CT molecular complexity index is 1330. The first-order valence-corrected chi connectivity index (χ1v) is 14.0. The lowest BCUT2D eigenvalue weighted by molar-refractivity contribution is -0.153. The molecular weight excluding hydrogens is 490 g/mol. The SMILES string of the molecule is C=C/C(=C\C=C\Cn1c(CCC(C)(C)C(=O)OCC)c(SC(C)(C)C)c2ccccc21)c1ccc(N)nc1. The van der Waals surface area contributed by atoms with Gasteiger partial charge in [0, 0.05) is 44.5 Å². The number of ether oxygens (including phenoxy) is 1. The molecule has 0 aliphatic carbocycles. The van der Waals surface area contributed by atoms with E-state index in [9.17, 15) is 4.79 Å². The monoisotopic (exact) mass is 531 g/mol. The van der Waals surface area contributed by atoms with Crippen molar-refractivity contribution in [2.45, 2.75) is 70.6 Å². The summed E-state index contributed by atoms with van der Waals surface area (Å²) in [5.41, 5.74) is 9.57. The summed E-state index contributed by atoms with van der Waals surface area (Å²) in [6, 6.07) is 12.3. The zero-order valence-corrected chi connectivity index (χ0v) is 24.4. The molecule has 0 aliphatic rings. The van der Waals surface area contributed by atoms with E-state index in [0.29, 0.717) is 25.4 Å². The number of benzene rings is 1. The highest BCUT2D eigenvalue weighted by Gasteiger charge is 2.31. The molecule has 0 bridgehead atoms. The second kappa shape index (κ2) is 12.5. The first kappa shape index (κ1) is 29.3. The van der Waals surface area contributed by atoms with E-state index in [1.54, 1.807) is 12.3 Å². The Balaban J connectivity index is 1.99. The van der Waals surface area contributed by atoms with Crippen molar-refractivity contribution in [2.24, 2.45) is 5.41 Å². The number of allylic oxidation sites excluding steroid dienone is 5. The number of rotatable bonds is 11. The number of aromatic nitrogens is 2. The first-order chi connectivity index (χ1) is 18.0. The Kier molecular flexibility index (Phi) is 9.66. The van der Waals surface area contributed by atoms with Crippen LogP contribution in [-0.2, 0) is 22.5 Å². The largest absolute Gasteiger partial charge is 0.466 e. The number of nitrogens with two attached hydrogens (primary N) is 1. The van der Waals surface area contributed by atoms with E-state index >= 15 is 0 Å². The molecule has 0 spiro atoms. The summed E-state index contributed by atoms with van der Waals surface area (Å²) >= 11 is 1.89. The van der Waals surface area contributed by atoms with Gasteiger partial charge in [-0.05, 0) is 57.4 Å². The Morgan fingerprint density at radius 1 is 1.16 bits per heavy atom. The van der Waals surface area contributed by atoms with E-state index in [1.165, 1.54) is 21.5 Å². The van der Waals surface area contributed by atoms with Gasteiger partial charge in [0.15, 0.2) is 0 Å². The maximum atomic E-state index is 12.6. The second-order valence-electron chi connectivity index (χ2n) is 10.9. The number of fused-ring (bicyclic) bond motifs is 1. The van der Waals surface area contributed by atoms with Crippen LogP contribution in [0.5, 0.6) is 0 Å². The fourth-order valence-electron chi connectivity index (χ4n) is 4.26. The number of carbonyl (C=O) groups excluding carboxylic acids is 1. The van der Waals surface area contributed by atoms with E-state index < -0.39 is 5.41 Å². The van der Waals surface area contributed by atoms with Gasteiger partial charge in [0.05, 0.1) is 12.0 Å². The van der Waals surface area contributed by atoms with Gasteiger partial charge in [-0.25, -0.2) is 4.98 Å². The predicted molar refractivity (Wildman–Crippen MR) is 162 cm³/mol. The highest BCUT2D eigenvalue weighted by atomic mass is 32.2. The molecule has 0 atom stereocenters. The minimum atomic E-state index is -0.564. The third-order valence-corrected chi connectivity index (χ3v) is 7.56. The topological polar surface area (TPSA) is 70.1 Å². The van der Waals surface area contributed by atoms with E-state index in [2.05, 4.69) is 73.3 Å². The minimum absolute atomic E-state index is 0.0465. The normalized spacial score (nSPS) is 12.8. The summed E-state index contributed by atoms with van der Waals surface area (Å²) in [5, 5.41) is 1.25. The molecule has 6 heteroatoms. The lowest BCUT2D eigenvalue weighted by Gasteiger charge is -2.24. The zero-order valence-electron chi connectivity index (χ0n) is 23.6. The van der Waals surface area contributed by atoms with Gasteiger partial charge in [-0.3, -0.25) is 4.79 Å². The van der Waals surface area contributed by atoms with Crippen molar-refractivity contribution < 1.29 is 9.53 Å². The van der Waals surface area contributed by atoms with Gasteiger partial charge in [0.25, 0.3) is 0 Å². The lowest BCUT2D eigenvalue weighted by atomic mass is 9.87. The van der Waals surface area contributed by atoms with Crippen LogP contribution in [0.2, 0.25) is 0 Å². The van der Waals surface area contributed by atoms with Crippen molar-refractivity contribution in [3.63, 3.8) is 0 Å². The molecule has 38 heavy (non-hydrogen) atoms. The van der Waals surface area contributed by atoms with Crippen LogP contribution < -0.4 is 5.73 Å². The molecule has 5 nitrogen and oxygen atoms in total. The third kappa shape index (κ3) is 7.41. The van der Waals surface area contributed by atoms with Gasteiger partial charge in [-0.2, -0.15) is 0 Å². The Hall–Kier alpha value is -3.25. The highest BCUT2D eigenvalue weighted by Crippen LogP contribution is 2.42. The average molecular weight is 532 g/mol. The van der Waals surface area contributed by atoms with Gasteiger partial charge in [0.2, 0.25) is 0 Å². The van der Waals surface area contributed by atoms with Gasteiger partial charge in [0.1, 0.15) is 5.82 Å². The number of nitrogen functional groups attached to an aromatic ring is 1.